The Morgan fingerprint density at radius 1 is 1.32 bits per heavy atom. The van der Waals surface area contributed by atoms with Crippen LogP contribution in [0.4, 0.5) is 0 Å². The highest BCUT2D eigenvalue weighted by atomic mass is 15.1. The zero-order valence-electron chi connectivity index (χ0n) is 12.7. The third-order valence-electron chi connectivity index (χ3n) is 3.11. The lowest BCUT2D eigenvalue weighted by atomic mass is 10.1. The third kappa shape index (κ3) is 6.55. The van der Waals surface area contributed by atoms with Crippen molar-refractivity contribution in [1.82, 2.24) is 10.2 Å². The van der Waals surface area contributed by atoms with Crippen molar-refractivity contribution >= 4 is 0 Å². The largest absolute Gasteiger partial charge is 0.312 e. The van der Waals surface area contributed by atoms with E-state index in [1.54, 1.807) is 0 Å². The van der Waals surface area contributed by atoms with Gasteiger partial charge in [-0.25, -0.2) is 0 Å². The maximum atomic E-state index is 3.81. The molecule has 0 amide bonds. The predicted octanol–water partition coefficient (Wildman–Crippen LogP) is 3.44. The molecule has 0 atom stereocenters. The fourth-order valence-corrected chi connectivity index (χ4v) is 2.09. The minimum Gasteiger partial charge on any atom is -0.312 e. The molecule has 0 unspecified atom stereocenters. The molecule has 0 bridgehead atoms. The Balaban J connectivity index is 2.53. The number of likely N-dealkylation sites (N-methyl/N-ethyl adjacent to an activating group) is 1. The molecular weight excluding hydrogens is 232 g/mol. The van der Waals surface area contributed by atoms with E-state index in [4.69, 9.17) is 0 Å². The summed E-state index contributed by atoms with van der Waals surface area (Å²) in [5.41, 5.74) is 2.75. The van der Waals surface area contributed by atoms with Gasteiger partial charge in [0.15, 0.2) is 0 Å². The molecule has 0 aliphatic rings. The number of nitrogens with zero attached hydrogens (tertiary/aromatic N) is 1. The molecule has 1 N–H and O–H groups in total. The minimum absolute atomic E-state index is 0.700. The minimum atomic E-state index is 0.700. The van der Waals surface area contributed by atoms with Gasteiger partial charge < -0.3 is 5.32 Å². The normalized spacial score (nSPS) is 11.2. The van der Waals surface area contributed by atoms with E-state index in [0.717, 1.165) is 32.7 Å². The van der Waals surface area contributed by atoms with Crippen molar-refractivity contribution in [3.05, 3.63) is 48.0 Å². The summed E-state index contributed by atoms with van der Waals surface area (Å²) in [4.78, 5) is 2.38. The van der Waals surface area contributed by atoms with Crippen LogP contribution in [0.25, 0.3) is 0 Å². The van der Waals surface area contributed by atoms with Gasteiger partial charge in [-0.15, -0.1) is 6.58 Å². The first kappa shape index (κ1) is 15.9. The molecule has 1 aromatic carbocycles. The Bertz CT molecular complexity index is 371. The van der Waals surface area contributed by atoms with Crippen molar-refractivity contribution in [2.45, 2.75) is 33.9 Å². The highest BCUT2D eigenvalue weighted by molar-refractivity contribution is 5.23. The van der Waals surface area contributed by atoms with Gasteiger partial charge in [-0.1, -0.05) is 51.1 Å². The van der Waals surface area contributed by atoms with E-state index in [9.17, 15) is 0 Å². The predicted molar refractivity (Wildman–Crippen MR) is 84.1 cm³/mol. The Kier molecular flexibility index (Phi) is 7.46. The fraction of sp³-hybridized carbons (Fsp3) is 0.529. The van der Waals surface area contributed by atoms with Gasteiger partial charge >= 0.3 is 0 Å². The Morgan fingerprint density at radius 3 is 2.68 bits per heavy atom. The van der Waals surface area contributed by atoms with E-state index < -0.39 is 0 Å². The first-order chi connectivity index (χ1) is 9.15. The van der Waals surface area contributed by atoms with Gasteiger partial charge in [0.2, 0.25) is 0 Å². The van der Waals surface area contributed by atoms with Gasteiger partial charge in [0.1, 0.15) is 0 Å². The number of hydrogen-bond acceptors (Lipinski definition) is 2. The third-order valence-corrected chi connectivity index (χ3v) is 3.11. The van der Waals surface area contributed by atoms with Crippen molar-refractivity contribution in [1.29, 1.82) is 0 Å². The Morgan fingerprint density at radius 2 is 2.05 bits per heavy atom. The lowest BCUT2D eigenvalue weighted by Gasteiger charge is -2.18. The second-order valence-electron chi connectivity index (χ2n) is 5.46. The molecule has 1 rings (SSSR count). The average Bonchev–Trinajstić information content (AvgIpc) is 2.38. The van der Waals surface area contributed by atoms with Crippen LogP contribution in [0.2, 0.25) is 0 Å². The first-order valence-electron chi connectivity index (χ1n) is 7.27. The van der Waals surface area contributed by atoms with Crippen LogP contribution in [0, 0.1) is 5.92 Å². The van der Waals surface area contributed by atoms with E-state index in [1.165, 1.54) is 11.1 Å². The molecule has 0 fully saturated rings. The van der Waals surface area contributed by atoms with Crippen molar-refractivity contribution in [3.63, 3.8) is 0 Å². The monoisotopic (exact) mass is 260 g/mol. The lowest BCUT2D eigenvalue weighted by Crippen LogP contribution is -2.23. The number of benzene rings is 1. The highest BCUT2D eigenvalue weighted by Crippen LogP contribution is 2.08. The molecule has 106 valence electrons. The van der Waals surface area contributed by atoms with Crippen molar-refractivity contribution < 1.29 is 0 Å². The maximum Gasteiger partial charge on any atom is 0.0237 e. The molecule has 1 aromatic rings. The number of nitrogens with one attached hydrogen (secondary N) is 1. The number of rotatable bonds is 9. The molecule has 2 nitrogen and oxygen atoms in total. The molecule has 19 heavy (non-hydrogen) atoms. The summed E-state index contributed by atoms with van der Waals surface area (Å²) in [7, 11) is 0. The molecule has 0 aliphatic carbocycles. The topological polar surface area (TPSA) is 15.3 Å². The Hall–Kier alpha value is -1.12. The van der Waals surface area contributed by atoms with Crippen molar-refractivity contribution in [3.8, 4) is 0 Å². The Labute approximate surface area is 118 Å². The summed E-state index contributed by atoms with van der Waals surface area (Å²) in [5, 5.41) is 3.49. The van der Waals surface area contributed by atoms with Crippen LogP contribution in [0.5, 0.6) is 0 Å². The molecule has 2 heteroatoms. The molecule has 0 heterocycles. The molecule has 0 saturated carbocycles. The van der Waals surface area contributed by atoms with Crippen molar-refractivity contribution in [2.24, 2.45) is 5.92 Å². The summed E-state index contributed by atoms with van der Waals surface area (Å²) in [6.45, 7) is 15.5. The average molecular weight is 260 g/mol. The summed E-state index contributed by atoms with van der Waals surface area (Å²) >= 11 is 0. The molecular formula is C17H28N2. The number of hydrogen-bond donors (Lipinski definition) is 1. The van der Waals surface area contributed by atoms with Crippen LogP contribution in [0.3, 0.4) is 0 Å². The van der Waals surface area contributed by atoms with Gasteiger partial charge in [-0.3, -0.25) is 4.90 Å². The van der Waals surface area contributed by atoms with Crippen LogP contribution in [-0.2, 0) is 13.1 Å². The van der Waals surface area contributed by atoms with Crippen LogP contribution in [0.15, 0.2) is 36.9 Å². The van der Waals surface area contributed by atoms with Crippen LogP contribution < -0.4 is 5.32 Å². The molecule has 0 saturated heterocycles. The quantitative estimate of drug-likeness (QED) is 0.684. The zero-order valence-corrected chi connectivity index (χ0v) is 12.7. The van der Waals surface area contributed by atoms with E-state index in [2.05, 4.69) is 61.8 Å². The standard InChI is InChI=1S/C17H28N2/c1-5-10-19(6-2)14-17-9-7-8-16(11-17)13-18-12-15(3)4/h5,7-9,11,15,18H,1,6,10,12-14H2,2-4H3. The van der Waals surface area contributed by atoms with Crippen molar-refractivity contribution in [2.75, 3.05) is 19.6 Å². The highest BCUT2D eigenvalue weighted by Gasteiger charge is 2.02. The molecule has 0 radical (unpaired) electrons. The zero-order chi connectivity index (χ0) is 14.1. The second kappa shape index (κ2) is 8.89. The summed E-state index contributed by atoms with van der Waals surface area (Å²) in [5.74, 6) is 0.700. The molecule has 0 spiro atoms. The van der Waals surface area contributed by atoms with E-state index >= 15 is 0 Å². The fourth-order valence-electron chi connectivity index (χ4n) is 2.09. The van der Waals surface area contributed by atoms with Crippen LogP contribution >= 0.6 is 0 Å². The van der Waals surface area contributed by atoms with Gasteiger partial charge in [-0.05, 0) is 30.1 Å². The van der Waals surface area contributed by atoms with Crippen LogP contribution in [0.1, 0.15) is 31.9 Å². The summed E-state index contributed by atoms with van der Waals surface area (Å²) in [6.07, 6.45) is 1.97. The summed E-state index contributed by atoms with van der Waals surface area (Å²) in [6, 6.07) is 8.86. The lowest BCUT2D eigenvalue weighted by molar-refractivity contribution is 0.311. The van der Waals surface area contributed by atoms with Gasteiger partial charge in [0, 0.05) is 19.6 Å². The van der Waals surface area contributed by atoms with E-state index in [1.807, 2.05) is 6.08 Å². The molecule has 0 aromatic heterocycles. The van der Waals surface area contributed by atoms with Gasteiger partial charge in [0.25, 0.3) is 0 Å². The van der Waals surface area contributed by atoms with E-state index in [-0.39, 0.29) is 0 Å². The first-order valence-corrected chi connectivity index (χ1v) is 7.27. The second-order valence-corrected chi connectivity index (χ2v) is 5.46. The van der Waals surface area contributed by atoms with Gasteiger partial charge in [0.05, 0.1) is 0 Å². The molecule has 0 aliphatic heterocycles. The van der Waals surface area contributed by atoms with Crippen LogP contribution in [-0.4, -0.2) is 24.5 Å². The maximum absolute atomic E-state index is 3.81. The van der Waals surface area contributed by atoms with Gasteiger partial charge in [-0.2, -0.15) is 0 Å². The van der Waals surface area contributed by atoms with E-state index in [0.29, 0.717) is 5.92 Å². The smallest absolute Gasteiger partial charge is 0.0237 e. The summed E-state index contributed by atoms with van der Waals surface area (Å²) < 4.78 is 0. The SMILES string of the molecule is C=CCN(CC)Cc1cccc(CNCC(C)C)c1.